The summed E-state index contributed by atoms with van der Waals surface area (Å²) < 4.78 is 48.9. The molecule has 18 nitrogen and oxygen atoms in total. The van der Waals surface area contributed by atoms with Crippen molar-refractivity contribution in [1.82, 2.24) is 0 Å². The molecule has 20 saturated carbocycles. The second kappa shape index (κ2) is 41.2. The van der Waals surface area contributed by atoms with Crippen molar-refractivity contribution >= 4 is 5.78 Å². The third-order valence-corrected chi connectivity index (χ3v) is 52.2. The van der Waals surface area contributed by atoms with E-state index < -0.39 is 0 Å². The van der Waals surface area contributed by atoms with Crippen LogP contribution >= 0.6 is 0 Å². The van der Waals surface area contributed by atoms with Gasteiger partial charge in [0.2, 0.25) is 0 Å². The van der Waals surface area contributed by atoms with Gasteiger partial charge in [0, 0.05) is 88.9 Å². The maximum atomic E-state index is 12.0. The minimum Gasteiger partial charge on any atom is -0.396 e. The number of hydrogen-bond donors (Lipinski definition) is 3. The number of nitrogens with zero attached hydrogens (tertiary/aromatic N) is 6. The summed E-state index contributed by atoms with van der Waals surface area (Å²) in [5.74, 6) is 24.3. The van der Waals surface area contributed by atoms with Gasteiger partial charge in [-0.25, -0.2) is 0 Å². The van der Waals surface area contributed by atoms with Gasteiger partial charge in [-0.15, -0.1) is 0 Å². The molecule has 4 saturated heterocycles. The predicted molar refractivity (Wildman–Crippen MR) is 543 cm³/mol. The number of ketones is 1. The van der Waals surface area contributed by atoms with Crippen LogP contribution in [0.4, 0.5) is 0 Å². The number of fused-ring (bicyclic) bond motifs is 25. The Balaban J connectivity index is 0.000000114. The molecule has 4 heterocycles. The van der Waals surface area contributed by atoms with Gasteiger partial charge < -0.3 is 64.9 Å². The van der Waals surface area contributed by atoms with E-state index in [0.29, 0.717) is 115 Å². The maximum Gasteiger partial charge on any atom is 1.00 e. The second-order valence-electron chi connectivity index (χ2n) is 56.3. The molecular formula is C119H198N7NaO11. The minimum atomic E-state index is -0.241. The van der Waals surface area contributed by atoms with Crippen LogP contribution in [0, 0.1) is 232 Å². The number of nitrogens with two attached hydrogens (primary N) is 1. The molecule has 4 aliphatic heterocycles. The van der Waals surface area contributed by atoms with Crippen molar-refractivity contribution in [2.24, 2.45) is 243 Å². The zero-order valence-electron chi connectivity index (χ0n) is 90.7. The first-order chi connectivity index (χ1) is 65.5. The third-order valence-electron chi connectivity index (χ3n) is 52.2. The van der Waals surface area contributed by atoms with E-state index in [0.717, 1.165) is 266 Å². The standard InChI is InChI=1S/C25H42O2.C24H39N3O2.C24H41NO2.C24H40O3.C22H36O2.N3.Na/c1-5-17(2)20-8-9-21-19-7-6-18-16-25(26-14-15-27-25)13-12-23(18,3)22(19)10-11-24(20,21)4;1-16(15-26-27-25)19-6-7-20-18-5-4-17-14-24(28-12-13-29-24)11-10-22(17,2)21(18)8-9-23(19,20)3;2*1-16(15-25)19-6-7-20-18-5-4-17-14-24(26-12-13-27-24)11-10-22(17,2)21(18)8-9-23(19,20)3;1-14(13-23)18-6-7-19-17-5-4-15-12-16(24)8-10-21(15,2)20(17)9-11-22(18,19)3;1-3-2;/h17-22H,5-16H2,1-4H3;16-21H,4-15H2,1-3H3;16-21H,4-15,25H2,1-3H3;16-21,25H,4-15H2,1-3H3;14-15,17-20,23H,4-13H2,1-3H3;;/q;;;;;-1;+1/t17-,18+,19?,20-,21?,22?,23+,24-;3*16-,17+,18?,19-,20?,21?,22+,23-;14-,15+,17?,18-,19?,20?,21+,22-;;/m11111../s1. The van der Waals surface area contributed by atoms with Crippen molar-refractivity contribution in [2.75, 3.05) is 79.2 Å². The number of carbonyl (C=O) groups excluding carboxylic acids is 1. The summed E-state index contributed by atoms with van der Waals surface area (Å²) in [5, 5.41) is 23.4. The Morgan fingerprint density at radius 2 is 0.558 bits per heavy atom. The van der Waals surface area contributed by atoms with E-state index >= 15 is 0 Å². The molecule has 24 rings (SSSR count). The Morgan fingerprint density at radius 1 is 0.319 bits per heavy atom. The number of ether oxygens (including phenoxy) is 8. The molecule has 24 aliphatic rings. The molecule has 776 valence electrons. The number of rotatable bonds is 11. The van der Waals surface area contributed by atoms with Crippen molar-refractivity contribution in [3.63, 3.8) is 0 Å². The van der Waals surface area contributed by atoms with Crippen LogP contribution < -0.4 is 35.3 Å². The summed E-state index contributed by atoms with van der Waals surface area (Å²) in [4.78, 5) is 16.5. The van der Waals surface area contributed by atoms with Gasteiger partial charge in [0.05, 0.1) is 52.9 Å². The van der Waals surface area contributed by atoms with E-state index in [2.05, 4.69) is 121 Å². The molecule has 40 atom stereocenters. The zero-order chi connectivity index (χ0) is 96.7. The molecule has 4 spiro atoms. The van der Waals surface area contributed by atoms with E-state index in [1.807, 2.05) is 0 Å². The topological polar surface area (TPSA) is 265 Å². The number of azide groups is 1. The average Bonchev–Trinajstić information content (AvgIpc) is 1.50. The van der Waals surface area contributed by atoms with E-state index in [4.69, 9.17) is 60.2 Å². The van der Waals surface area contributed by atoms with Crippen LogP contribution in [0.25, 0.3) is 26.4 Å². The summed E-state index contributed by atoms with van der Waals surface area (Å²) >= 11 is 0. The van der Waals surface area contributed by atoms with Crippen LogP contribution in [0.5, 0.6) is 0 Å². The second-order valence-corrected chi connectivity index (χ2v) is 56.3. The van der Waals surface area contributed by atoms with Crippen molar-refractivity contribution in [3.05, 3.63) is 26.4 Å². The number of carbonyl (C=O) groups is 1. The van der Waals surface area contributed by atoms with E-state index in [1.165, 1.54) is 236 Å². The van der Waals surface area contributed by atoms with Gasteiger partial charge in [-0.3, -0.25) is 9.71 Å². The molecule has 0 amide bonds. The Hall–Kier alpha value is -1.15. The largest absolute Gasteiger partial charge is 1.00 e. The summed E-state index contributed by atoms with van der Waals surface area (Å²) in [6.07, 6.45) is 60.7. The van der Waals surface area contributed by atoms with E-state index in [9.17, 15) is 15.0 Å². The van der Waals surface area contributed by atoms with E-state index in [1.54, 1.807) is 0 Å². The fourth-order valence-electron chi connectivity index (χ4n) is 44.7. The Bertz CT molecular complexity index is 3980. The van der Waals surface area contributed by atoms with Crippen LogP contribution in [-0.4, -0.2) is 118 Å². The molecular weight excluding hydrogens is 1730 g/mol. The number of aliphatic hydroxyl groups excluding tert-OH is 2. The smallest absolute Gasteiger partial charge is 0.396 e. The zero-order valence-corrected chi connectivity index (χ0v) is 92.7. The van der Waals surface area contributed by atoms with Crippen LogP contribution in [0.2, 0.25) is 0 Å². The summed E-state index contributed by atoms with van der Waals surface area (Å²) in [6.45, 7) is 49.0. The minimum absolute atomic E-state index is 0. The molecule has 0 radical (unpaired) electrons. The summed E-state index contributed by atoms with van der Waals surface area (Å²) in [5.41, 5.74) is 33.4. The number of aliphatic hydroxyl groups is 2. The monoisotopic (exact) mass is 1920 g/mol. The molecule has 0 aromatic heterocycles. The van der Waals surface area contributed by atoms with Crippen molar-refractivity contribution in [3.8, 4) is 0 Å². The first kappa shape index (κ1) is 107. The average molecular weight is 1930 g/mol. The molecule has 0 aromatic rings. The van der Waals surface area contributed by atoms with Crippen molar-refractivity contribution in [1.29, 1.82) is 0 Å². The summed E-state index contributed by atoms with van der Waals surface area (Å²) in [6, 6.07) is 0. The molecule has 0 aromatic carbocycles. The van der Waals surface area contributed by atoms with Crippen LogP contribution in [0.1, 0.15) is 406 Å². The normalized spacial score (nSPS) is 50.1. The van der Waals surface area contributed by atoms with Gasteiger partial charge in [-0.1, -0.05) is 122 Å². The molecule has 20 aliphatic carbocycles. The number of Topliss-reactive ketones (excluding diaryl/α,β-unsaturated/α-hetero) is 1. The maximum absolute atomic E-state index is 12.0. The van der Waals surface area contributed by atoms with Crippen LogP contribution in [0.3, 0.4) is 0 Å². The molecule has 15 unspecified atom stereocenters. The van der Waals surface area contributed by atoms with E-state index in [-0.39, 0.29) is 52.7 Å². The molecule has 0 bridgehead atoms. The third kappa shape index (κ3) is 18.1. The first-order valence-corrected chi connectivity index (χ1v) is 59.0. The summed E-state index contributed by atoms with van der Waals surface area (Å²) in [7, 11) is 0. The Labute approximate surface area is 859 Å². The van der Waals surface area contributed by atoms with Gasteiger partial charge in [-0.05, 0) is 468 Å². The van der Waals surface area contributed by atoms with Gasteiger partial charge in [0.25, 0.3) is 0 Å². The quantitative estimate of drug-likeness (QED) is 0.0755. The first-order valence-electron chi connectivity index (χ1n) is 59.0. The van der Waals surface area contributed by atoms with Crippen LogP contribution in [0.15, 0.2) is 5.11 Å². The molecule has 19 heteroatoms. The van der Waals surface area contributed by atoms with Crippen molar-refractivity contribution < 1.29 is 82.5 Å². The fourth-order valence-corrected chi connectivity index (χ4v) is 44.7. The van der Waals surface area contributed by atoms with Gasteiger partial charge >= 0.3 is 29.6 Å². The van der Waals surface area contributed by atoms with Gasteiger partial charge in [0.1, 0.15) is 5.78 Å². The predicted octanol–water partition coefficient (Wildman–Crippen LogP) is 25.5. The Kier molecular flexibility index (Phi) is 31.9. The SMILES string of the molecule is CC[C@@H](C)[C@H]1CCC2C3CC[C@H]4CC5(CC[C@]4(C)C3CC[C@@]21C)OCCO5.C[C@H](CN)[C@H]1CCC2C3CC[C@H]4CC5(CC[C@]4(C)C3CC[C@@]21C)OCCO5.C[C@H](CN=[N+]=[N-])[C@H]1CCC2C3CC[C@H]4CC5(CC[C@]4(C)C3CC[C@@]21C)OCCO5.C[C@H](CO)[C@H]1CCC2C3CC[C@H]4CC(=O)CC[C@]4(C)C3CC[C@@]21C.C[C@H](CO)[C@H]1CCC2C3CC[C@H]4CC5(CC[C@]4(C)C3CC[C@@]21C)OCCO5.[N-]=[N+]=[N-].[Na+]. The molecule has 4 N–H and O–H groups in total. The fraction of sp³-hybridized carbons (Fsp3) is 0.992. The van der Waals surface area contributed by atoms with Gasteiger partial charge in [0.15, 0.2) is 23.1 Å². The Morgan fingerprint density at radius 3 is 0.812 bits per heavy atom. The van der Waals surface area contributed by atoms with Gasteiger partial charge in [-0.2, -0.15) is 0 Å². The molecule has 24 fully saturated rings. The van der Waals surface area contributed by atoms with Crippen molar-refractivity contribution in [2.45, 2.75) is 429 Å². The molecule has 138 heavy (non-hydrogen) atoms. The van der Waals surface area contributed by atoms with Crippen LogP contribution in [-0.2, 0) is 42.7 Å². The number of hydrogen-bond acceptors (Lipinski definition) is 13.